The van der Waals surface area contributed by atoms with Crippen molar-refractivity contribution in [2.24, 2.45) is 0 Å². The maximum atomic E-state index is 12.9. The second-order valence-corrected chi connectivity index (χ2v) is 9.94. The third-order valence-corrected chi connectivity index (χ3v) is 7.51. The van der Waals surface area contributed by atoms with Gasteiger partial charge in [-0.05, 0) is 48.5 Å². The van der Waals surface area contributed by atoms with Crippen molar-refractivity contribution in [2.75, 3.05) is 48.8 Å². The number of ether oxygens (including phenoxy) is 1. The summed E-state index contributed by atoms with van der Waals surface area (Å²) in [6.07, 6.45) is 1.57. The molecule has 1 fully saturated rings. The van der Waals surface area contributed by atoms with E-state index in [1.165, 1.54) is 16.4 Å². The van der Waals surface area contributed by atoms with Gasteiger partial charge in [0.1, 0.15) is 11.6 Å². The molecule has 4 rings (SSSR count). The minimum Gasteiger partial charge on any atom is -0.497 e. The molecule has 1 aliphatic rings. The number of nitrogens with one attached hydrogen (secondary N) is 2. The van der Waals surface area contributed by atoms with E-state index < -0.39 is 16.1 Å². The fraction of sp³-hybridized carbons (Fsp3) is 0.217. The van der Waals surface area contributed by atoms with Crippen LogP contribution in [0.25, 0.3) is 0 Å². The van der Waals surface area contributed by atoms with Crippen molar-refractivity contribution in [3.8, 4) is 5.75 Å². The number of nitrogens with zero attached hydrogens (tertiary/aromatic N) is 3. The van der Waals surface area contributed by atoms with Crippen molar-refractivity contribution in [1.29, 1.82) is 0 Å². The van der Waals surface area contributed by atoms with E-state index in [1.807, 2.05) is 4.90 Å². The van der Waals surface area contributed by atoms with Gasteiger partial charge in [0.25, 0.3) is 0 Å². The molecule has 2 heterocycles. The largest absolute Gasteiger partial charge is 0.497 e. The number of benzene rings is 2. The number of carbonyl (C=O) groups is 1. The van der Waals surface area contributed by atoms with Crippen LogP contribution < -0.4 is 20.3 Å². The van der Waals surface area contributed by atoms with Crippen molar-refractivity contribution < 1.29 is 17.9 Å². The van der Waals surface area contributed by atoms with Gasteiger partial charge in [0.05, 0.1) is 23.9 Å². The topological polar surface area (TPSA) is 104 Å². The lowest BCUT2D eigenvalue weighted by Gasteiger charge is -2.34. The second kappa shape index (κ2) is 10.3. The molecule has 3 aromatic rings. The lowest BCUT2D eigenvalue weighted by atomic mass is 10.3. The van der Waals surface area contributed by atoms with Crippen molar-refractivity contribution in [1.82, 2.24) is 9.29 Å². The lowest BCUT2D eigenvalue weighted by Crippen LogP contribution is -2.48. The highest BCUT2D eigenvalue weighted by Gasteiger charge is 2.28. The van der Waals surface area contributed by atoms with Gasteiger partial charge in [-0.25, -0.2) is 18.2 Å². The smallest absolute Gasteiger partial charge is 0.323 e. The maximum Gasteiger partial charge on any atom is 0.323 e. The van der Waals surface area contributed by atoms with Crippen molar-refractivity contribution >= 4 is 44.8 Å². The van der Waals surface area contributed by atoms with Gasteiger partial charge >= 0.3 is 6.03 Å². The number of hydrogen-bond donors (Lipinski definition) is 2. The summed E-state index contributed by atoms with van der Waals surface area (Å²) in [5.74, 6) is 1.35. The average Bonchev–Trinajstić information content (AvgIpc) is 2.85. The van der Waals surface area contributed by atoms with E-state index in [0.717, 1.165) is 0 Å². The molecule has 2 N–H and O–H groups in total. The molecular formula is C23H24ClN5O4S. The van der Waals surface area contributed by atoms with Crippen LogP contribution in [0.3, 0.4) is 0 Å². The number of carbonyl (C=O) groups excluding carboxylic acids is 1. The molecule has 1 aliphatic heterocycles. The van der Waals surface area contributed by atoms with Gasteiger partial charge in [0.2, 0.25) is 10.0 Å². The first kappa shape index (κ1) is 23.8. The van der Waals surface area contributed by atoms with Crippen LogP contribution in [0.1, 0.15) is 0 Å². The second-order valence-electron chi connectivity index (χ2n) is 7.56. The number of aromatic nitrogens is 1. The summed E-state index contributed by atoms with van der Waals surface area (Å²) in [4.78, 5) is 18.9. The molecule has 0 radical (unpaired) electrons. The Balaban J connectivity index is 1.32. The van der Waals surface area contributed by atoms with E-state index in [4.69, 9.17) is 16.3 Å². The predicted molar refractivity (Wildman–Crippen MR) is 132 cm³/mol. The van der Waals surface area contributed by atoms with Crippen molar-refractivity contribution in [3.63, 3.8) is 0 Å². The number of piperazine rings is 1. The zero-order valence-corrected chi connectivity index (χ0v) is 20.0. The molecule has 9 nitrogen and oxygen atoms in total. The van der Waals surface area contributed by atoms with Crippen LogP contribution in [-0.2, 0) is 10.0 Å². The van der Waals surface area contributed by atoms with Gasteiger partial charge in [-0.1, -0.05) is 17.7 Å². The Hall–Kier alpha value is -3.34. The van der Waals surface area contributed by atoms with Gasteiger partial charge in [-0.15, -0.1) is 0 Å². The molecule has 34 heavy (non-hydrogen) atoms. The van der Waals surface area contributed by atoms with Crippen molar-refractivity contribution in [2.45, 2.75) is 4.90 Å². The van der Waals surface area contributed by atoms with Crippen LogP contribution >= 0.6 is 11.6 Å². The van der Waals surface area contributed by atoms with Gasteiger partial charge in [0.15, 0.2) is 0 Å². The van der Waals surface area contributed by atoms with Gasteiger partial charge < -0.3 is 20.3 Å². The fourth-order valence-electron chi connectivity index (χ4n) is 3.55. The molecular weight excluding hydrogens is 478 g/mol. The van der Waals surface area contributed by atoms with Gasteiger partial charge in [0, 0.05) is 43.0 Å². The van der Waals surface area contributed by atoms with Crippen LogP contribution in [-0.4, -0.2) is 57.0 Å². The Morgan fingerprint density at radius 2 is 1.68 bits per heavy atom. The first-order valence-corrected chi connectivity index (χ1v) is 12.4. The zero-order chi connectivity index (χ0) is 24.1. The number of methoxy groups -OCH3 is 1. The fourth-order valence-corrected chi connectivity index (χ4v) is 5.10. The van der Waals surface area contributed by atoms with Gasteiger partial charge in [-0.2, -0.15) is 4.31 Å². The normalized spacial score (nSPS) is 14.5. The predicted octanol–water partition coefficient (Wildman–Crippen LogP) is 3.90. The Bertz CT molecular complexity index is 1250. The average molecular weight is 502 g/mol. The number of pyridine rings is 1. The van der Waals surface area contributed by atoms with Crippen molar-refractivity contribution in [3.05, 3.63) is 71.9 Å². The van der Waals surface area contributed by atoms with E-state index in [0.29, 0.717) is 54.1 Å². The Morgan fingerprint density at radius 1 is 0.971 bits per heavy atom. The van der Waals surface area contributed by atoms with E-state index in [-0.39, 0.29) is 4.90 Å². The standard InChI is InChI=1S/C23H24ClN5O4S/c1-33-20-4-2-3-18(15-20)26-23(30)27-19-7-10-22(25-16-19)28-11-13-29(14-12-28)34(31,32)21-8-5-17(24)6-9-21/h2-10,15-16H,11-14H2,1H3,(H2,26,27,30). The highest BCUT2D eigenvalue weighted by Crippen LogP contribution is 2.22. The summed E-state index contributed by atoms with van der Waals surface area (Å²) in [5, 5.41) is 5.97. The van der Waals surface area contributed by atoms with E-state index >= 15 is 0 Å². The molecule has 0 aliphatic carbocycles. The molecule has 178 valence electrons. The van der Waals surface area contributed by atoms with Crippen LogP contribution in [0.2, 0.25) is 5.02 Å². The number of amides is 2. The first-order valence-electron chi connectivity index (χ1n) is 10.5. The van der Waals surface area contributed by atoms with Crippen LogP contribution in [0.4, 0.5) is 22.0 Å². The van der Waals surface area contributed by atoms with Gasteiger partial charge in [-0.3, -0.25) is 0 Å². The SMILES string of the molecule is COc1cccc(NC(=O)Nc2ccc(N3CCN(S(=O)(=O)c4ccc(Cl)cc4)CC3)nc2)c1. The first-order chi connectivity index (χ1) is 16.3. The molecule has 0 bridgehead atoms. The number of hydrogen-bond acceptors (Lipinski definition) is 6. The number of rotatable bonds is 6. The summed E-state index contributed by atoms with van der Waals surface area (Å²) < 4.78 is 32.3. The maximum absolute atomic E-state index is 12.9. The third kappa shape index (κ3) is 5.58. The highest BCUT2D eigenvalue weighted by molar-refractivity contribution is 7.89. The number of anilines is 3. The Kier molecular flexibility index (Phi) is 7.20. The third-order valence-electron chi connectivity index (χ3n) is 5.35. The molecule has 1 saturated heterocycles. The monoisotopic (exact) mass is 501 g/mol. The molecule has 1 aromatic heterocycles. The summed E-state index contributed by atoms with van der Waals surface area (Å²) >= 11 is 5.87. The molecule has 0 unspecified atom stereocenters. The molecule has 0 spiro atoms. The summed E-state index contributed by atoms with van der Waals surface area (Å²) in [6, 6.07) is 16.4. The van der Waals surface area contributed by atoms with Crippen LogP contribution in [0, 0.1) is 0 Å². The zero-order valence-electron chi connectivity index (χ0n) is 18.4. The molecule has 0 saturated carbocycles. The number of halogens is 1. The molecule has 11 heteroatoms. The van der Waals surface area contributed by atoms with E-state index in [2.05, 4.69) is 15.6 Å². The highest BCUT2D eigenvalue weighted by atomic mass is 35.5. The molecule has 2 amide bonds. The molecule has 0 atom stereocenters. The Labute approximate surface area is 203 Å². The van der Waals surface area contributed by atoms with E-state index in [1.54, 1.807) is 61.8 Å². The molecule has 2 aromatic carbocycles. The number of sulfonamides is 1. The Morgan fingerprint density at radius 3 is 2.32 bits per heavy atom. The van der Waals surface area contributed by atoms with Crippen LogP contribution in [0.15, 0.2) is 71.8 Å². The minimum absolute atomic E-state index is 0.228. The quantitative estimate of drug-likeness (QED) is 0.531. The van der Waals surface area contributed by atoms with E-state index in [9.17, 15) is 13.2 Å². The summed E-state index contributed by atoms with van der Waals surface area (Å²) in [6.45, 7) is 1.69. The summed E-state index contributed by atoms with van der Waals surface area (Å²) in [5.41, 5.74) is 1.14. The summed E-state index contributed by atoms with van der Waals surface area (Å²) in [7, 11) is -2.01. The van der Waals surface area contributed by atoms with Crippen LogP contribution in [0.5, 0.6) is 5.75 Å². The lowest BCUT2D eigenvalue weighted by molar-refractivity contribution is 0.262. The number of urea groups is 1. The minimum atomic E-state index is -3.57.